The predicted molar refractivity (Wildman–Crippen MR) is 170 cm³/mol. The van der Waals surface area contributed by atoms with Crippen molar-refractivity contribution >= 4 is 34.4 Å². The maximum Gasteiger partial charge on any atom is 0.263 e. The zero-order valence-corrected chi connectivity index (χ0v) is 25.9. The SMILES string of the molecule is CC(=O)NN(C)C(=O)[C@@H](Cc1ccccc1)N(C)C(=O)[C@@H](Cc1ccc2ccccc2c1)N(C)C(=O)C=CCC(C)(C)N. The van der Waals surface area contributed by atoms with Gasteiger partial charge in [-0.2, -0.15) is 0 Å². The van der Waals surface area contributed by atoms with Crippen molar-refractivity contribution in [3.63, 3.8) is 0 Å². The molecule has 2 atom stereocenters. The van der Waals surface area contributed by atoms with Gasteiger partial charge in [-0.05, 0) is 48.2 Å². The highest BCUT2D eigenvalue weighted by atomic mass is 16.2. The van der Waals surface area contributed by atoms with E-state index in [4.69, 9.17) is 5.73 Å². The summed E-state index contributed by atoms with van der Waals surface area (Å²) in [7, 11) is 4.61. The van der Waals surface area contributed by atoms with E-state index >= 15 is 0 Å². The number of fused-ring (bicyclic) bond motifs is 1. The van der Waals surface area contributed by atoms with Gasteiger partial charge in [-0.15, -0.1) is 0 Å². The smallest absolute Gasteiger partial charge is 0.263 e. The van der Waals surface area contributed by atoms with Gasteiger partial charge < -0.3 is 15.5 Å². The van der Waals surface area contributed by atoms with Crippen LogP contribution < -0.4 is 11.2 Å². The molecule has 9 nitrogen and oxygen atoms in total. The van der Waals surface area contributed by atoms with E-state index in [0.29, 0.717) is 6.42 Å². The maximum absolute atomic E-state index is 14.3. The van der Waals surface area contributed by atoms with Crippen LogP contribution in [0.4, 0.5) is 0 Å². The molecule has 3 aromatic carbocycles. The molecule has 0 radical (unpaired) electrons. The van der Waals surface area contributed by atoms with Crippen molar-refractivity contribution in [1.29, 1.82) is 0 Å². The Labute approximate surface area is 254 Å². The second-order valence-electron chi connectivity index (χ2n) is 11.7. The molecule has 0 aliphatic carbocycles. The van der Waals surface area contributed by atoms with Crippen molar-refractivity contribution in [3.05, 3.63) is 96.1 Å². The van der Waals surface area contributed by atoms with Gasteiger partial charge in [0.25, 0.3) is 5.91 Å². The minimum Gasteiger partial charge on any atom is -0.332 e. The summed E-state index contributed by atoms with van der Waals surface area (Å²) in [6, 6.07) is 21.4. The van der Waals surface area contributed by atoms with E-state index in [2.05, 4.69) is 5.43 Å². The molecule has 0 spiro atoms. The second-order valence-corrected chi connectivity index (χ2v) is 11.7. The molecule has 0 unspecified atom stereocenters. The molecule has 0 fully saturated rings. The lowest BCUT2D eigenvalue weighted by molar-refractivity contribution is -0.151. The number of nitrogens with zero attached hydrogens (tertiary/aromatic N) is 3. The van der Waals surface area contributed by atoms with Gasteiger partial charge in [-0.25, -0.2) is 0 Å². The number of nitrogens with two attached hydrogens (primary N) is 1. The molecular weight excluding hydrogens is 542 g/mol. The third-order valence-corrected chi connectivity index (χ3v) is 7.28. The minimum absolute atomic E-state index is 0.220. The molecule has 3 aromatic rings. The van der Waals surface area contributed by atoms with E-state index in [9.17, 15) is 19.2 Å². The highest BCUT2D eigenvalue weighted by Gasteiger charge is 2.36. The minimum atomic E-state index is -0.942. The molecule has 0 heterocycles. The number of likely N-dealkylation sites (N-methyl/N-ethyl adjacent to an activating group) is 3. The van der Waals surface area contributed by atoms with Crippen molar-refractivity contribution in [3.8, 4) is 0 Å². The topological polar surface area (TPSA) is 116 Å². The van der Waals surface area contributed by atoms with Gasteiger partial charge in [0, 0.05) is 46.4 Å². The van der Waals surface area contributed by atoms with Crippen molar-refractivity contribution in [2.75, 3.05) is 21.1 Å². The zero-order valence-electron chi connectivity index (χ0n) is 25.9. The summed E-state index contributed by atoms with van der Waals surface area (Å²) in [4.78, 5) is 55.8. The second kappa shape index (κ2) is 14.6. The molecule has 0 saturated carbocycles. The summed E-state index contributed by atoms with van der Waals surface area (Å²) in [6.07, 6.45) is 4.09. The van der Waals surface area contributed by atoms with Crippen LogP contribution in [0, 0.1) is 0 Å². The number of carbonyl (C=O) groups excluding carboxylic acids is 4. The number of amides is 4. The van der Waals surface area contributed by atoms with Gasteiger partial charge in [-0.1, -0.05) is 78.9 Å². The normalized spacial score (nSPS) is 12.9. The Balaban J connectivity index is 1.98. The quantitative estimate of drug-likeness (QED) is 0.264. The Morgan fingerprint density at radius 2 is 1.37 bits per heavy atom. The molecule has 0 aliphatic rings. The molecule has 9 heteroatoms. The Morgan fingerprint density at radius 1 is 0.791 bits per heavy atom. The van der Waals surface area contributed by atoms with Gasteiger partial charge in [0.15, 0.2) is 0 Å². The fourth-order valence-electron chi connectivity index (χ4n) is 4.84. The first-order valence-corrected chi connectivity index (χ1v) is 14.3. The largest absolute Gasteiger partial charge is 0.332 e. The first-order chi connectivity index (χ1) is 20.3. The lowest BCUT2D eigenvalue weighted by Crippen LogP contribution is -2.58. The average Bonchev–Trinajstić information content (AvgIpc) is 2.96. The highest BCUT2D eigenvalue weighted by molar-refractivity contribution is 5.95. The van der Waals surface area contributed by atoms with Gasteiger partial charge in [0.1, 0.15) is 12.1 Å². The van der Waals surface area contributed by atoms with Gasteiger partial charge in [-0.3, -0.25) is 29.6 Å². The molecule has 0 aromatic heterocycles. The van der Waals surface area contributed by atoms with Crippen LogP contribution in [0.1, 0.15) is 38.3 Å². The van der Waals surface area contributed by atoms with Crippen LogP contribution in [0.25, 0.3) is 10.8 Å². The van der Waals surface area contributed by atoms with Crippen LogP contribution in [0.15, 0.2) is 84.9 Å². The van der Waals surface area contributed by atoms with Crippen LogP contribution in [-0.4, -0.2) is 77.2 Å². The summed E-state index contributed by atoms with van der Waals surface area (Å²) in [5.74, 6) is -1.62. The number of benzene rings is 3. The molecule has 3 rings (SSSR count). The first-order valence-electron chi connectivity index (χ1n) is 14.3. The number of hydrazine groups is 1. The van der Waals surface area contributed by atoms with Crippen molar-refractivity contribution in [1.82, 2.24) is 20.2 Å². The lowest BCUT2D eigenvalue weighted by atomic mass is 9.98. The molecular formula is C34H43N5O4. The standard InChI is InChI=1S/C34H43N5O4/c1-24(40)36-39(6)33(43)30(22-25-13-8-7-9-14-25)38(5)32(42)29(37(4)31(41)17-12-20-34(2,3)35)23-26-18-19-27-15-10-11-16-28(27)21-26/h7-19,21,29-30H,20,22-23,35H2,1-6H3,(H,36,40)/t29-,30-/m1/s1. The Bertz CT molecular complexity index is 1460. The van der Waals surface area contributed by atoms with Crippen LogP contribution in [0.3, 0.4) is 0 Å². The van der Waals surface area contributed by atoms with Crippen LogP contribution in [0.5, 0.6) is 0 Å². The van der Waals surface area contributed by atoms with Crippen LogP contribution in [-0.2, 0) is 32.0 Å². The lowest BCUT2D eigenvalue weighted by Gasteiger charge is -2.35. The number of hydrogen-bond donors (Lipinski definition) is 2. The Hall–Kier alpha value is -4.50. The van der Waals surface area contributed by atoms with E-state index in [1.165, 1.54) is 29.8 Å². The molecule has 3 N–H and O–H groups in total. The fourth-order valence-corrected chi connectivity index (χ4v) is 4.84. The summed E-state index contributed by atoms with van der Waals surface area (Å²) in [5.41, 5.74) is 9.80. The fraction of sp³-hybridized carbons (Fsp3) is 0.353. The Kier molecular flexibility index (Phi) is 11.2. The first kappa shape index (κ1) is 33.0. The molecule has 43 heavy (non-hydrogen) atoms. The number of carbonyl (C=O) groups is 4. The van der Waals surface area contributed by atoms with E-state index in [1.54, 1.807) is 20.2 Å². The summed E-state index contributed by atoms with van der Waals surface area (Å²) in [6.45, 7) is 5.05. The maximum atomic E-state index is 14.3. The van der Waals surface area contributed by atoms with Gasteiger partial charge in [0.2, 0.25) is 17.7 Å². The van der Waals surface area contributed by atoms with E-state index < -0.39 is 35.3 Å². The number of nitrogens with one attached hydrogen (secondary N) is 1. The van der Waals surface area contributed by atoms with Crippen LogP contribution >= 0.6 is 0 Å². The summed E-state index contributed by atoms with van der Waals surface area (Å²) in [5, 5.41) is 3.19. The third-order valence-electron chi connectivity index (χ3n) is 7.28. The Morgan fingerprint density at radius 3 is 2.00 bits per heavy atom. The van der Waals surface area contributed by atoms with Crippen molar-refractivity contribution in [2.24, 2.45) is 5.73 Å². The third kappa shape index (κ3) is 9.51. The molecule has 0 saturated heterocycles. The number of hydrogen-bond acceptors (Lipinski definition) is 5. The van der Waals surface area contributed by atoms with E-state index in [1.807, 2.05) is 86.6 Å². The monoisotopic (exact) mass is 585 g/mol. The van der Waals surface area contributed by atoms with E-state index in [-0.39, 0.29) is 18.7 Å². The van der Waals surface area contributed by atoms with Crippen LogP contribution in [0.2, 0.25) is 0 Å². The molecule has 0 aliphatic heterocycles. The highest BCUT2D eigenvalue weighted by Crippen LogP contribution is 2.20. The van der Waals surface area contributed by atoms with Gasteiger partial charge >= 0.3 is 0 Å². The average molecular weight is 586 g/mol. The van der Waals surface area contributed by atoms with E-state index in [0.717, 1.165) is 26.9 Å². The van der Waals surface area contributed by atoms with Crippen molar-refractivity contribution < 1.29 is 19.2 Å². The summed E-state index contributed by atoms with van der Waals surface area (Å²) < 4.78 is 0. The predicted octanol–water partition coefficient (Wildman–Crippen LogP) is 3.47. The molecule has 228 valence electrons. The molecule has 0 bridgehead atoms. The van der Waals surface area contributed by atoms with Crippen molar-refractivity contribution in [2.45, 2.75) is 57.7 Å². The van der Waals surface area contributed by atoms with Gasteiger partial charge in [0.05, 0.1) is 0 Å². The number of rotatable bonds is 11. The molecule has 4 amide bonds. The zero-order chi connectivity index (χ0) is 31.7. The summed E-state index contributed by atoms with van der Waals surface area (Å²) >= 11 is 0.